The van der Waals surface area contributed by atoms with Gasteiger partial charge in [-0.3, -0.25) is 0 Å². The number of hydrogen-bond acceptors (Lipinski definition) is 0. The van der Waals surface area contributed by atoms with Crippen molar-refractivity contribution in [3.63, 3.8) is 0 Å². The van der Waals surface area contributed by atoms with Gasteiger partial charge in [0.1, 0.15) is 0 Å². The lowest BCUT2D eigenvalue weighted by Gasteiger charge is -2.23. The minimum absolute atomic E-state index is 0.730. The largest absolute Gasteiger partial charge is 0.113 e. The SMILES string of the molecule is CC1CCCC(C=C=CCl)C1. The van der Waals surface area contributed by atoms with Gasteiger partial charge in [0.15, 0.2) is 0 Å². The molecule has 0 amide bonds. The molecule has 1 aliphatic carbocycles. The zero-order valence-corrected chi connectivity index (χ0v) is 7.77. The molecule has 0 spiro atoms. The van der Waals surface area contributed by atoms with Gasteiger partial charge < -0.3 is 0 Å². The van der Waals surface area contributed by atoms with Gasteiger partial charge >= 0.3 is 0 Å². The quantitative estimate of drug-likeness (QED) is 0.527. The normalized spacial score (nSPS) is 30.7. The molecule has 0 N–H and O–H groups in total. The Morgan fingerprint density at radius 2 is 2.27 bits per heavy atom. The summed E-state index contributed by atoms with van der Waals surface area (Å²) in [5, 5.41) is 0. The van der Waals surface area contributed by atoms with Crippen molar-refractivity contribution >= 4 is 11.6 Å². The van der Waals surface area contributed by atoms with E-state index in [0.29, 0.717) is 0 Å². The molecule has 1 aliphatic rings. The molecule has 1 rings (SSSR count). The molecule has 0 aromatic heterocycles. The number of rotatable bonds is 1. The minimum Gasteiger partial charge on any atom is -0.113 e. The van der Waals surface area contributed by atoms with Crippen molar-refractivity contribution in [2.45, 2.75) is 32.6 Å². The molecule has 0 radical (unpaired) electrons. The van der Waals surface area contributed by atoms with E-state index in [1.165, 1.54) is 31.2 Å². The average Bonchev–Trinajstić information content (AvgIpc) is 2.01. The Labute approximate surface area is 73.9 Å². The van der Waals surface area contributed by atoms with Crippen molar-refractivity contribution in [3.05, 3.63) is 17.3 Å². The van der Waals surface area contributed by atoms with E-state index in [9.17, 15) is 0 Å². The third-order valence-electron chi connectivity index (χ3n) is 2.37. The summed E-state index contributed by atoms with van der Waals surface area (Å²) >= 11 is 5.39. The van der Waals surface area contributed by atoms with Gasteiger partial charge in [0, 0.05) is 5.54 Å². The van der Waals surface area contributed by atoms with Crippen molar-refractivity contribution in [1.29, 1.82) is 0 Å². The fourth-order valence-electron chi connectivity index (χ4n) is 1.80. The Morgan fingerprint density at radius 3 is 2.91 bits per heavy atom. The third kappa shape index (κ3) is 3.14. The van der Waals surface area contributed by atoms with E-state index >= 15 is 0 Å². The summed E-state index contributed by atoms with van der Waals surface area (Å²) in [5.41, 5.74) is 4.43. The van der Waals surface area contributed by atoms with Crippen LogP contribution in [-0.4, -0.2) is 0 Å². The molecule has 1 fully saturated rings. The zero-order chi connectivity index (χ0) is 8.10. The predicted octanol–water partition coefficient (Wildman–Crippen LogP) is 3.72. The summed E-state index contributed by atoms with van der Waals surface area (Å²) in [4.78, 5) is 0. The summed E-state index contributed by atoms with van der Waals surface area (Å²) < 4.78 is 0. The Morgan fingerprint density at radius 1 is 1.45 bits per heavy atom. The molecule has 0 heterocycles. The first-order valence-corrected chi connectivity index (χ1v) is 4.78. The van der Waals surface area contributed by atoms with Gasteiger partial charge in [0.05, 0.1) is 0 Å². The summed E-state index contributed by atoms with van der Waals surface area (Å²) in [6.07, 6.45) is 7.52. The average molecular weight is 171 g/mol. The summed E-state index contributed by atoms with van der Waals surface area (Å²) in [6.45, 7) is 2.32. The predicted molar refractivity (Wildman–Crippen MR) is 49.6 cm³/mol. The lowest BCUT2D eigenvalue weighted by molar-refractivity contribution is 0.325. The van der Waals surface area contributed by atoms with Gasteiger partial charge in [-0.1, -0.05) is 31.4 Å². The Kier molecular flexibility index (Phi) is 3.76. The number of allylic oxidation sites excluding steroid dienone is 1. The van der Waals surface area contributed by atoms with Crippen molar-refractivity contribution in [1.82, 2.24) is 0 Å². The molecule has 1 heteroatoms. The number of halogens is 1. The van der Waals surface area contributed by atoms with E-state index < -0.39 is 0 Å². The Balaban J connectivity index is 2.40. The lowest BCUT2D eigenvalue weighted by atomic mass is 9.82. The molecule has 62 valence electrons. The summed E-state index contributed by atoms with van der Waals surface area (Å²) in [6, 6.07) is 0. The first-order chi connectivity index (χ1) is 5.33. The van der Waals surface area contributed by atoms with Crippen molar-refractivity contribution in [2.75, 3.05) is 0 Å². The molecule has 2 atom stereocenters. The van der Waals surface area contributed by atoms with Crippen LogP contribution in [0.2, 0.25) is 0 Å². The second-order valence-electron chi connectivity index (χ2n) is 3.47. The van der Waals surface area contributed by atoms with Crippen molar-refractivity contribution < 1.29 is 0 Å². The highest BCUT2D eigenvalue weighted by Gasteiger charge is 2.15. The highest BCUT2D eigenvalue weighted by atomic mass is 35.5. The maximum absolute atomic E-state index is 5.39. The van der Waals surface area contributed by atoms with Gasteiger partial charge in [-0.2, -0.15) is 0 Å². The van der Waals surface area contributed by atoms with E-state index in [4.69, 9.17) is 11.6 Å². The monoisotopic (exact) mass is 170 g/mol. The molecule has 0 aliphatic heterocycles. The van der Waals surface area contributed by atoms with Crippen LogP contribution >= 0.6 is 11.6 Å². The minimum atomic E-state index is 0.730. The second kappa shape index (κ2) is 4.64. The maximum atomic E-state index is 5.39. The molecular weight excluding hydrogens is 156 g/mol. The van der Waals surface area contributed by atoms with Crippen LogP contribution in [-0.2, 0) is 0 Å². The smallest absolute Gasteiger partial charge is 0.0459 e. The van der Waals surface area contributed by atoms with Gasteiger partial charge in [-0.25, -0.2) is 0 Å². The summed E-state index contributed by atoms with van der Waals surface area (Å²) in [5.74, 6) is 1.62. The molecule has 0 saturated heterocycles. The molecule has 0 aromatic carbocycles. The van der Waals surface area contributed by atoms with Crippen LogP contribution in [0.3, 0.4) is 0 Å². The Bertz CT molecular complexity index is 166. The van der Waals surface area contributed by atoms with Gasteiger partial charge in [-0.05, 0) is 30.8 Å². The molecule has 0 nitrogen and oxygen atoms in total. The van der Waals surface area contributed by atoms with Crippen LogP contribution in [0.25, 0.3) is 0 Å². The molecule has 0 aromatic rings. The molecule has 11 heavy (non-hydrogen) atoms. The van der Waals surface area contributed by atoms with Crippen LogP contribution < -0.4 is 0 Å². The standard InChI is InChI=1S/C10H15Cl/c1-9-4-2-5-10(8-9)6-3-7-11/h6-7,9-10H,2,4-5,8H2,1H3. The van der Waals surface area contributed by atoms with Crippen LogP contribution in [0.15, 0.2) is 17.3 Å². The topological polar surface area (TPSA) is 0 Å². The van der Waals surface area contributed by atoms with Crippen LogP contribution in [0.1, 0.15) is 32.6 Å². The zero-order valence-electron chi connectivity index (χ0n) is 7.02. The molecule has 2 unspecified atom stereocenters. The van der Waals surface area contributed by atoms with Crippen LogP contribution in [0.5, 0.6) is 0 Å². The maximum Gasteiger partial charge on any atom is 0.0459 e. The van der Waals surface area contributed by atoms with E-state index in [1.54, 1.807) is 0 Å². The van der Waals surface area contributed by atoms with E-state index in [0.717, 1.165) is 11.8 Å². The fourth-order valence-corrected chi connectivity index (χ4v) is 1.88. The first-order valence-electron chi connectivity index (χ1n) is 4.34. The second-order valence-corrected chi connectivity index (χ2v) is 3.69. The Hall–Kier alpha value is -0.190. The van der Waals surface area contributed by atoms with Gasteiger partial charge in [-0.15, -0.1) is 5.73 Å². The van der Waals surface area contributed by atoms with Gasteiger partial charge in [0.2, 0.25) is 0 Å². The third-order valence-corrected chi connectivity index (χ3v) is 2.50. The van der Waals surface area contributed by atoms with Crippen molar-refractivity contribution in [2.24, 2.45) is 11.8 Å². The summed E-state index contributed by atoms with van der Waals surface area (Å²) in [7, 11) is 0. The first kappa shape index (κ1) is 8.90. The van der Waals surface area contributed by atoms with Crippen molar-refractivity contribution in [3.8, 4) is 0 Å². The molecule has 0 bridgehead atoms. The molecule has 1 saturated carbocycles. The lowest BCUT2D eigenvalue weighted by Crippen LogP contribution is -2.10. The fraction of sp³-hybridized carbons (Fsp3) is 0.700. The van der Waals surface area contributed by atoms with E-state index in [1.807, 2.05) is 0 Å². The number of hydrogen-bond donors (Lipinski definition) is 0. The highest BCUT2D eigenvalue weighted by molar-refractivity contribution is 6.25. The van der Waals surface area contributed by atoms with Gasteiger partial charge in [0.25, 0.3) is 0 Å². The van der Waals surface area contributed by atoms with E-state index in [-0.39, 0.29) is 0 Å². The van der Waals surface area contributed by atoms with Crippen LogP contribution in [0.4, 0.5) is 0 Å². The molecular formula is C10H15Cl. The van der Waals surface area contributed by atoms with Crippen LogP contribution in [0, 0.1) is 11.8 Å². The highest BCUT2D eigenvalue weighted by Crippen LogP contribution is 2.28. The van der Waals surface area contributed by atoms with E-state index in [2.05, 4.69) is 18.7 Å².